The number of nitrogens with zero attached hydrogens (tertiary/aromatic N) is 1. The molecular formula is C11H16BrFN2O2S. The average molecular weight is 339 g/mol. The minimum Gasteiger partial charge on any atom is -0.271 e. The predicted octanol–water partition coefficient (Wildman–Crippen LogP) is 2.90. The molecule has 4 nitrogen and oxygen atoms in total. The first-order valence-corrected chi connectivity index (χ1v) is 7.78. The van der Waals surface area contributed by atoms with Crippen molar-refractivity contribution in [2.24, 2.45) is 0 Å². The largest absolute Gasteiger partial charge is 0.301 e. The van der Waals surface area contributed by atoms with Gasteiger partial charge < -0.3 is 0 Å². The third-order valence-corrected chi connectivity index (χ3v) is 4.83. The fourth-order valence-corrected chi connectivity index (χ4v) is 3.17. The molecule has 18 heavy (non-hydrogen) atoms. The lowest BCUT2D eigenvalue weighted by Crippen LogP contribution is -2.35. The molecule has 0 unspecified atom stereocenters. The molecule has 0 radical (unpaired) electrons. The molecule has 0 fully saturated rings. The number of halogens is 2. The number of hydrogen-bond acceptors (Lipinski definition) is 2. The lowest BCUT2D eigenvalue weighted by Gasteiger charge is -2.20. The Labute approximate surface area is 115 Å². The van der Waals surface area contributed by atoms with E-state index in [0.29, 0.717) is 24.3 Å². The van der Waals surface area contributed by atoms with E-state index in [2.05, 4.69) is 20.7 Å². The molecule has 0 aromatic heterocycles. The Morgan fingerprint density at radius 3 is 2.39 bits per heavy atom. The molecule has 1 rings (SSSR count). The number of hydrogen-bond donors (Lipinski definition) is 1. The van der Waals surface area contributed by atoms with Crippen molar-refractivity contribution in [2.45, 2.75) is 20.8 Å². The highest BCUT2D eigenvalue weighted by Gasteiger charge is 2.19. The van der Waals surface area contributed by atoms with Crippen LogP contribution in [0.1, 0.15) is 19.4 Å². The summed E-state index contributed by atoms with van der Waals surface area (Å²) >= 11 is 3.04. The second-order valence-electron chi connectivity index (χ2n) is 3.77. The van der Waals surface area contributed by atoms with Gasteiger partial charge in [0, 0.05) is 13.1 Å². The first-order valence-electron chi connectivity index (χ1n) is 5.55. The Bertz CT molecular complexity index is 530. The van der Waals surface area contributed by atoms with Crippen molar-refractivity contribution in [3.8, 4) is 0 Å². The molecule has 0 aliphatic carbocycles. The molecule has 1 aromatic carbocycles. The topological polar surface area (TPSA) is 49.4 Å². The summed E-state index contributed by atoms with van der Waals surface area (Å²) in [6, 6.07) is 2.70. The fraction of sp³-hybridized carbons (Fsp3) is 0.455. The summed E-state index contributed by atoms with van der Waals surface area (Å²) < 4.78 is 41.3. The first-order chi connectivity index (χ1) is 8.31. The van der Waals surface area contributed by atoms with E-state index >= 15 is 0 Å². The van der Waals surface area contributed by atoms with E-state index in [-0.39, 0.29) is 4.47 Å². The van der Waals surface area contributed by atoms with Crippen LogP contribution in [0.4, 0.5) is 10.1 Å². The maximum absolute atomic E-state index is 13.2. The summed E-state index contributed by atoms with van der Waals surface area (Å²) in [5.41, 5.74) is 0.904. The highest BCUT2D eigenvalue weighted by molar-refractivity contribution is 9.10. The zero-order chi connectivity index (χ0) is 13.9. The third-order valence-electron chi connectivity index (χ3n) is 2.55. The van der Waals surface area contributed by atoms with Gasteiger partial charge in [-0.1, -0.05) is 13.8 Å². The second kappa shape index (κ2) is 5.99. The van der Waals surface area contributed by atoms with Crippen molar-refractivity contribution >= 4 is 31.8 Å². The van der Waals surface area contributed by atoms with Crippen molar-refractivity contribution < 1.29 is 12.8 Å². The quantitative estimate of drug-likeness (QED) is 0.897. The van der Waals surface area contributed by atoms with Gasteiger partial charge in [0.2, 0.25) is 0 Å². The van der Waals surface area contributed by atoms with Gasteiger partial charge in [-0.05, 0) is 40.5 Å². The maximum atomic E-state index is 13.2. The number of rotatable bonds is 5. The van der Waals surface area contributed by atoms with Gasteiger partial charge in [0.1, 0.15) is 5.82 Å². The van der Waals surface area contributed by atoms with E-state index in [0.717, 1.165) is 0 Å². The van der Waals surface area contributed by atoms with Crippen LogP contribution in [-0.4, -0.2) is 25.8 Å². The van der Waals surface area contributed by atoms with Crippen LogP contribution in [0.3, 0.4) is 0 Å². The van der Waals surface area contributed by atoms with E-state index < -0.39 is 16.0 Å². The van der Waals surface area contributed by atoms with Gasteiger partial charge in [0.25, 0.3) is 0 Å². The zero-order valence-electron chi connectivity index (χ0n) is 10.5. The van der Waals surface area contributed by atoms with Crippen LogP contribution in [0.5, 0.6) is 0 Å². The minimum absolute atomic E-state index is 0.227. The predicted molar refractivity (Wildman–Crippen MR) is 74.3 cm³/mol. The molecule has 7 heteroatoms. The van der Waals surface area contributed by atoms with Crippen molar-refractivity contribution in [2.75, 3.05) is 17.8 Å². The van der Waals surface area contributed by atoms with Gasteiger partial charge in [-0.3, -0.25) is 4.72 Å². The molecular weight excluding hydrogens is 323 g/mol. The van der Waals surface area contributed by atoms with E-state index in [9.17, 15) is 12.8 Å². The van der Waals surface area contributed by atoms with Crippen LogP contribution < -0.4 is 4.72 Å². The number of nitrogens with one attached hydrogen (secondary N) is 1. The summed E-state index contributed by atoms with van der Waals surface area (Å²) in [6.07, 6.45) is 0. The molecule has 0 saturated heterocycles. The van der Waals surface area contributed by atoms with E-state index in [1.54, 1.807) is 20.8 Å². The molecule has 0 atom stereocenters. The monoisotopic (exact) mass is 338 g/mol. The molecule has 0 amide bonds. The molecule has 0 aliphatic heterocycles. The van der Waals surface area contributed by atoms with Crippen molar-refractivity contribution in [1.82, 2.24) is 4.31 Å². The first kappa shape index (κ1) is 15.4. The summed E-state index contributed by atoms with van der Waals surface area (Å²) in [7, 11) is -3.59. The van der Waals surface area contributed by atoms with Crippen LogP contribution in [0, 0.1) is 12.7 Å². The van der Waals surface area contributed by atoms with Gasteiger partial charge in [-0.2, -0.15) is 12.7 Å². The molecule has 0 bridgehead atoms. The Morgan fingerprint density at radius 2 is 1.89 bits per heavy atom. The smallest absolute Gasteiger partial charge is 0.271 e. The van der Waals surface area contributed by atoms with Crippen LogP contribution in [0.2, 0.25) is 0 Å². The van der Waals surface area contributed by atoms with Crippen molar-refractivity contribution in [3.63, 3.8) is 0 Å². The lowest BCUT2D eigenvalue weighted by atomic mass is 10.2. The number of benzene rings is 1. The third kappa shape index (κ3) is 3.43. The van der Waals surface area contributed by atoms with Crippen LogP contribution in [-0.2, 0) is 10.2 Å². The fourth-order valence-electron chi connectivity index (χ4n) is 1.52. The van der Waals surface area contributed by atoms with Crippen LogP contribution in [0.15, 0.2) is 16.6 Å². The highest BCUT2D eigenvalue weighted by atomic mass is 79.9. The molecule has 102 valence electrons. The molecule has 1 N–H and O–H groups in total. The Morgan fingerprint density at radius 1 is 1.33 bits per heavy atom. The number of anilines is 1. The molecule has 0 aliphatic rings. The van der Waals surface area contributed by atoms with Gasteiger partial charge in [-0.15, -0.1) is 0 Å². The standard InChI is InChI=1S/C11H16BrFN2O2S/c1-4-15(5-2)18(16,17)14-11-7-9(12)10(13)6-8(11)3/h6-7,14H,4-5H2,1-3H3. The van der Waals surface area contributed by atoms with Gasteiger partial charge in [-0.25, -0.2) is 4.39 Å². The summed E-state index contributed by atoms with van der Waals surface area (Å²) in [5.74, 6) is -0.418. The maximum Gasteiger partial charge on any atom is 0.301 e. The average Bonchev–Trinajstić information content (AvgIpc) is 2.26. The molecule has 1 aromatic rings. The van der Waals surface area contributed by atoms with E-state index in [4.69, 9.17) is 0 Å². The summed E-state index contributed by atoms with van der Waals surface area (Å²) in [4.78, 5) is 0. The normalized spacial score (nSPS) is 11.9. The van der Waals surface area contributed by atoms with Crippen LogP contribution in [0.25, 0.3) is 0 Å². The SMILES string of the molecule is CCN(CC)S(=O)(=O)Nc1cc(Br)c(F)cc1C. The molecule has 0 heterocycles. The van der Waals surface area contributed by atoms with E-state index in [1.807, 2.05) is 0 Å². The molecule has 0 spiro atoms. The Balaban J connectivity index is 3.08. The van der Waals surface area contributed by atoms with Crippen molar-refractivity contribution in [1.29, 1.82) is 0 Å². The van der Waals surface area contributed by atoms with Gasteiger partial charge in [0.15, 0.2) is 0 Å². The minimum atomic E-state index is -3.59. The summed E-state index contributed by atoms with van der Waals surface area (Å²) in [6.45, 7) is 5.93. The number of aryl methyl sites for hydroxylation is 1. The zero-order valence-corrected chi connectivity index (χ0v) is 12.9. The lowest BCUT2D eigenvalue weighted by molar-refractivity contribution is 0.449. The van der Waals surface area contributed by atoms with E-state index in [1.165, 1.54) is 16.4 Å². The van der Waals surface area contributed by atoms with Crippen LogP contribution >= 0.6 is 15.9 Å². The second-order valence-corrected chi connectivity index (χ2v) is 6.30. The highest BCUT2D eigenvalue weighted by Crippen LogP contribution is 2.25. The summed E-state index contributed by atoms with van der Waals surface area (Å²) in [5, 5.41) is 0. The Kier molecular flexibility index (Phi) is 5.12. The molecule has 0 saturated carbocycles. The van der Waals surface area contributed by atoms with Crippen molar-refractivity contribution in [3.05, 3.63) is 28.0 Å². The van der Waals surface area contributed by atoms with Gasteiger partial charge >= 0.3 is 10.2 Å². The Hall–Kier alpha value is -0.660. The van der Waals surface area contributed by atoms with Gasteiger partial charge in [0.05, 0.1) is 10.2 Å².